The summed E-state index contributed by atoms with van der Waals surface area (Å²) in [7, 11) is 0. The monoisotopic (exact) mass is 386 g/mol. The van der Waals surface area contributed by atoms with E-state index in [1.54, 1.807) is 6.92 Å². The van der Waals surface area contributed by atoms with E-state index in [0.29, 0.717) is 6.54 Å². The van der Waals surface area contributed by atoms with Crippen molar-refractivity contribution >= 4 is 27.9 Å². The number of imide groups is 1. The molecule has 2 aromatic carbocycles. The van der Waals surface area contributed by atoms with Crippen molar-refractivity contribution in [2.24, 2.45) is 0 Å². The summed E-state index contributed by atoms with van der Waals surface area (Å²) in [4.78, 5) is 26.4. The van der Waals surface area contributed by atoms with Crippen LogP contribution in [0.1, 0.15) is 24.5 Å². The van der Waals surface area contributed by atoms with E-state index in [0.717, 1.165) is 22.9 Å². The van der Waals surface area contributed by atoms with E-state index in [9.17, 15) is 9.59 Å². The Hall–Kier alpha value is -2.14. The molecule has 3 rings (SSSR count). The third-order valence-corrected chi connectivity index (χ3v) is 4.86. The standard InChI is InChI=1S/C19H19BrN2O2/c1-19(15-10-5-11-16(20)13-15)17(23)22(18(24)21-19)12-6-9-14-7-3-2-4-8-14/h2-5,7-8,10-11,13H,6,9,12H2,1H3,(H,21,24)/t19-/m0/s1. The molecular formula is C19H19BrN2O2. The van der Waals surface area contributed by atoms with E-state index in [1.807, 2.05) is 42.5 Å². The molecule has 5 heteroatoms. The Bertz CT molecular complexity index is 763. The van der Waals surface area contributed by atoms with Gasteiger partial charge < -0.3 is 5.32 Å². The van der Waals surface area contributed by atoms with Gasteiger partial charge in [0.25, 0.3) is 5.91 Å². The Morgan fingerprint density at radius 2 is 1.83 bits per heavy atom. The number of aryl methyl sites for hydroxylation is 1. The molecule has 0 radical (unpaired) electrons. The number of hydrogen-bond donors (Lipinski definition) is 1. The highest BCUT2D eigenvalue weighted by Gasteiger charge is 2.48. The predicted molar refractivity (Wildman–Crippen MR) is 96.5 cm³/mol. The maximum Gasteiger partial charge on any atom is 0.325 e. The highest BCUT2D eigenvalue weighted by atomic mass is 79.9. The Labute approximate surface area is 150 Å². The van der Waals surface area contributed by atoms with Crippen LogP contribution in [0.25, 0.3) is 0 Å². The second kappa shape index (κ2) is 6.77. The zero-order valence-electron chi connectivity index (χ0n) is 13.5. The Kier molecular flexibility index (Phi) is 4.71. The van der Waals surface area contributed by atoms with E-state index in [1.165, 1.54) is 10.5 Å². The van der Waals surface area contributed by atoms with Gasteiger partial charge in [-0.3, -0.25) is 9.69 Å². The van der Waals surface area contributed by atoms with Crippen molar-refractivity contribution in [3.05, 3.63) is 70.2 Å². The van der Waals surface area contributed by atoms with E-state index < -0.39 is 5.54 Å². The fraction of sp³-hybridized carbons (Fsp3) is 0.263. The number of halogens is 1. The largest absolute Gasteiger partial charge is 0.325 e. The molecule has 0 aromatic heterocycles. The number of nitrogens with one attached hydrogen (secondary N) is 1. The maximum absolute atomic E-state index is 12.8. The molecule has 1 atom stereocenters. The number of nitrogens with zero attached hydrogens (tertiary/aromatic N) is 1. The molecule has 1 saturated heterocycles. The average Bonchev–Trinajstić information content (AvgIpc) is 2.80. The minimum atomic E-state index is -1.01. The van der Waals surface area contributed by atoms with Gasteiger partial charge in [0.05, 0.1) is 0 Å². The molecule has 0 unspecified atom stereocenters. The fourth-order valence-corrected chi connectivity index (χ4v) is 3.38. The van der Waals surface area contributed by atoms with E-state index in [4.69, 9.17) is 0 Å². The highest BCUT2D eigenvalue weighted by Crippen LogP contribution is 2.30. The highest BCUT2D eigenvalue weighted by molar-refractivity contribution is 9.10. The van der Waals surface area contributed by atoms with Gasteiger partial charge in [0.1, 0.15) is 5.54 Å². The van der Waals surface area contributed by atoms with E-state index in [2.05, 4.69) is 33.4 Å². The second-order valence-electron chi connectivity index (χ2n) is 6.11. The lowest BCUT2D eigenvalue weighted by Gasteiger charge is -2.22. The summed E-state index contributed by atoms with van der Waals surface area (Å²) in [6.07, 6.45) is 1.59. The summed E-state index contributed by atoms with van der Waals surface area (Å²) in [5, 5.41) is 2.84. The molecule has 0 aliphatic carbocycles. The van der Waals surface area contributed by atoms with Crippen LogP contribution in [0.15, 0.2) is 59.1 Å². The van der Waals surface area contributed by atoms with Crippen LogP contribution >= 0.6 is 15.9 Å². The number of carbonyl (C=O) groups excluding carboxylic acids is 2. The minimum Gasteiger partial charge on any atom is -0.319 e. The van der Waals surface area contributed by atoms with E-state index in [-0.39, 0.29) is 11.9 Å². The lowest BCUT2D eigenvalue weighted by atomic mass is 9.92. The number of carbonyl (C=O) groups is 2. The molecule has 0 saturated carbocycles. The number of benzene rings is 2. The molecule has 1 heterocycles. The third kappa shape index (κ3) is 3.22. The summed E-state index contributed by atoms with van der Waals surface area (Å²) < 4.78 is 0.880. The van der Waals surface area contributed by atoms with Crippen LogP contribution < -0.4 is 5.32 Å². The third-order valence-electron chi connectivity index (χ3n) is 4.37. The normalized spacial score (nSPS) is 20.3. The van der Waals surface area contributed by atoms with Gasteiger partial charge >= 0.3 is 6.03 Å². The van der Waals surface area contributed by atoms with Crippen molar-refractivity contribution in [2.75, 3.05) is 6.54 Å². The first-order valence-electron chi connectivity index (χ1n) is 7.95. The maximum atomic E-state index is 12.8. The quantitative estimate of drug-likeness (QED) is 0.793. The van der Waals surface area contributed by atoms with Crippen LogP contribution in [-0.4, -0.2) is 23.4 Å². The zero-order valence-corrected chi connectivity index (χ0v) is 15.0. The van der Waals surface area contributed by atoms with Gasteiger partial charge in [-0.1, -0.05) is 58.4 Å². The number of urea groups is 1. The lowest BCUT2D eigenvalue weighted by molar-refractivity contribution is -0.131. The van der Waals surface area contributed by atoms with Gasteiger partial charge in [0.2, 0.25) is 0 Å². The average molecular weight is 387 g/mol. The molecule has 0 spiro atoms. The summed E-state index contributed by atoms with van der Waals surface area (Å²) in [5.74, 6) is -0.196. The van der Waals surface area contributed by atoms with Crippen LogP contribution in [0, 0.1) is 0 Å². The van der Waals surface area contributed by atoms with Gasteiger partial charge in [-0.15, -0.1) is 0 Å². The van der Waals surface area contributed by atoms with Gasteiger partial charge in [0.15, 0.2) is 0 Å². The van der Waals surface area contributed by atoms with Crippen molar-refractivity contribution < 1.29 is 9.59 Å². The van der Waals surface area contributed by atoms with Crippen LogP contribution in [-0.2, 0) is 16.8 Å². The molecule has 24 heavy (non-hydrogen) atoms. The van der Waals surface area contributed by atoms with Crippen molar-refractivity contribution in [3.8, 4) is 0 Å². The van der Waals surface area contributed by atoms with Crippen molar-refractivity contribution in [3.63, 3.8) is 0 Å². The first kappa shape index (κ1) is 16.7. The molecular weight excluding hydrogens is 368 g/mol. The summed E-state index contributed by atoms with van der Waals surface area (Å²) in [6, 6.07) is 17.2. The molecule has 4 nitrogen and oxygen atoms in total. The first-order chi connectivity index (χ1) is 11.5. The van der Waals surface area contributed by atoms with Gasteiger partial charge in [-0.2, -0.15) is 0 Å². The SMILES string of the molecule is C[C@@]1(c2cccc(Br)c2)NC(=O)N(CCCc2ccccc2)C1=O. The first-order valence-corrected chi connectivity index (χ1v) is 8.74. The second-order valence-corrected chi connectivity index (χ2v) is 7.03. The molecule has 1 aliphatic rings. The molecule has 1 fully saturated rings. The Morgan fingerprint density at radius 3 is 2.54 bits per heavy atom. The van der Waals surface area contributed by atoms with Crippen LogP contribution in [0.2, 0.25) is 0 Å². The number of rotatable bonds is 5. The molecule has 1 aliphatic heterocycles. The summed E-state index contributed by atoms with van der Waals surface area (Å²) >= 11 is 3.41. The zero-order chi connectivity index (χ0) is 17.2. The summed E-state index contributed by atoms with van der Waals surface area (Å²) in [6.45, 7) is 2.18. The molecule has 1 N–H and O–H groups in total. The molecule has 2 aromatic rings. The molecule has 3 amide bonds. The lowest BCUT2D eigenvalue weighted by Crippen LogP contribution is -2.41. The summed E-state index contributed by atoms with van der Waals surface area (Å²) in [5.41, 5.74) is 0.980. The Morgan fingerprint density at radius 1 is 1.08 bits per heavy atom. The molecule has 0 bridgehead atoms. The van der Waals surface area contributed by atoms with Crippen LogP contribution in [0.4, 0.5) is 4.79 Å². The van der Waals surface area contributed by atoms with Gasteiger partial charge in [-0.25, -0.2) is 4.79 Å². The van der Waals surface area contributed by atoms with Gasteiger partial charge in [0, 0.05) is 11.0 Å². The van der Waals surface area contributed by atoms with Crippen molar-refractivity contribution in [2.45, 2.75) is 25.3 Å². The predicted octanol–water partition coefficient (Wildman–Crippen LogP) is 3.85. The number of hydrogen-bond acceptors (Lipinski definition) is 2. The van der Waals surface area contributed by atoms with Crippen LogP contribution in [0.3, 0.4) is 0 Å². The van der Waals surface area contributed by atoms with Crippen molar-refractivity contribution in [1.82, 2.24) is 10.2 Å². The molecule has 124 valence electrons. The minimum absolute atomic E-state index is 0.196. The fourth-order valence-electron chi connectivity index (χ4n) is 2.98. The van der Waals surface area contributed by atoms with Crippen molar-refractivity contribution in [1.29, 1.82) is 0 Å². The van der Waals surface area contributed by atoms with Crippen LogP contribution in [0.5, 0.6) is 0 Å². The number of amides is 3. The Balaban J connectivity index is 1.70. The smallest absolute Gasteiger partial charge is 0.319 e. The van der Waals surface area contributed by atoms with E-state index >= 15 is 0 Å². The van der Waals surface area contributed by atoms with Gasteiger partial charge in [-0.05, 0) is 43.0 Å². The topological polar surface area (TPSA) is 49.4 Å².